The first kappa shape index (κ1) is 19.2. The average molecular weight is 394 g/mol. The van der Waals surface area contributed by atoms with Gasteiger partial charge >= 0.3 is 0 Å². The molecule has 0 N–H and O–H groups in total. The van der Waals surface area contributed by atoms with Gasteiger partial charge in [-0.05, 0) is 43.3 Å². The lowest BCUT2D eigenvalue weighted by molar-refractivity contribution is 0.0725. The van der Waals surface area contributed by atoms with Gasteiger partial charge in [0, 0.05) is 49.6 Å². The van der Waals surface area contributed by atoms with Crippen molar-refractivity contribution in [3.8, 4) is 0 Å². The van der Waals surface area contributed by atoms with Crippen LogP contribution in [0.3, 0.4) is 0 Å². The van der Waals surface area contributed by atoms with E-state index in [-0.39, 0.29) is 5.91 Å². The Hall–Kier alpha value is -2.11. The average Bonchev–Trinajstić information content (AvgIpc) is 2.75. The SMILES string of the molecule is CC1N(CCCN2CCN(c3ccccc3)CC2)C(=O)c2ccccc2[SiH]1C. The van der Waals surface area contributed by atoms with Crippen LogP contribution < -0.4 is 10.1 Å². The largest absolute Gasteiger partial charge is 0.369 e. The molecule has 0 saturated carbocycles. The predicted molar refractivity (Wildman–Crippen MR) is 119 cm³/mol. The van der Waals surface area contributed by atoms with Crippen molar-refractivity contribution < 1.29 is 4.79 Å². The number of hydrogen-bond donors (Lipinski definition) is 0. The summed E-state index contributed by atoms with van der Waals surface area (Å²) in [6.07, 6.45) is 1.06. The Morgan fingerprint density at radius 3 is 2.36 bits per heavy atom. The molecule has 0 radical (unpaired) electrons. The monoisotopic (exact) mass is 393 g/mol. The molecule has 0 spiro atoms. The van der Waals surface area contributed by atoms with Crippen molar-refractivity contribution in [2.45, 2.75) is 25.6 Å². The lowest BCUT2D eigenvalue weighted by atomic mass is 10.1. The molecule has 5 heteroatoms. The van der Waals surface area contributed by atoms with Gasteiger partial charge in [-0.1, -0.05) is 42.9 Å². The van der Waals surface area contributed by atoms with Crippen LogP contribution in [0.25, 0.3) is 0 Å². The van der Waals surface area contributed by atoms with Crippen LogP contribution >= 0.6 is 0 Å². The number of carbonyl (C=O) groups is 1. The number of benzene rings is 2. The van der Waals surface area contributed by atoms with Crippen molar-refractivity contribution in [3.05, 3.63) is 60.2 Å². The molecule has 2 aromatic rings. The van der Waals surface area contributed by atoms with Gasteiger partial charge in [-0.3, -0.25) is 9.69 Å². The zero-order valence-corrected chi connectivity index (χ0v) is 18.2. The quantitative estimate of drug-likeness (QED) is 0.730. The summed E-state index contributed by atoms with van der Waals surface area (Å²) in [6, 6.07) is 19.0. The summed E-state index contributed by atoms with van der Waals surface area (Å²) in [5.41, 5.74) is 2.68. The molecule has 148 valence electrons. The molecule has 28 heavy (non-hydrogen) atoms. The number of carbonyl (C=O) groups excluding carboxylic acids is 1. The fourth-order valence-electron chi connectivity index (χ4n) is 4.60. The Balaban J connectivity index is 1.28. The van der Waals surface area contributed by atoms with Crippen LogP contribution in [0.1, 0.15) is 23.7 Å². The van der Waals surface area contributed by atoms with E-state index in [1.54, 1.807) is 0 Å². The topological polar surface area (TPSA) is 26.8 Å². The van der Waals surface area contributed by atoms with Gasteiger partial charge in [-0.25, -0.2) is 0 Å². The second kappa shape index (κ2) is 8.49. The normalized spacial score (nSPS) is 23.0. The predicted octanol–water partition coefficient (Wildman–Crippen LogP) is 2.35. The van der Waals surface area contributed by atoms with Crippen molar-refractivity contribution in [2.75, 3.05) is 44.2 Å². The van der Waals surface area contributed by atoms with Gasteiger partial charge in [0.25, 0.3) is 5.91 Å². The van der Waals surface area contributed by atoms with E-state index >= 15 is 0 Å². The van der Waals surface area contributed by atoms with Gasteiger partial charge in [0.1, 0.15) is 0 Å². The number of anilines is 1. The minimum atomic E-state index is -1.12. The number of para-hydroxylation sites is 1. The molecule has 1 saturated heterocycles. The molecule has 0 bridgehead atoms. The number of amides is 1. The zero-order chi connectivity index (χ0) is 19.5. The molecular weight excluding hydrogens is 362 g/mol. The van der Waals surface area contributed by atoms with Crippen molar-refractivity contribution in [2.24, 2.45) is 0 Å². The lowest BCUT2D eigenvalue weighted by Crippen LogP contribution is -2.58. The van der Waals surface area contributed by atoms with Gasteiger partial charge in [0.15, 0.2) is 0 Å². The summed E-state index contributed by atoms with van der Waals surface area (Å²) in [4.78, 5) is 20.2. The standard InChI is InChI=1S/C23H31N3OSi/c1-19-26(23(27)21-11-6-7-12-22(21)28(19)2)14-8-13-24-15-17-25(18-16-24)20-9-4-3-5-10-20/h3-7,9-12,19,28H,8,13-18H2,1-2H3. The molecule has 2 aliphatic heterocycles. The van der Waals surface area contributed by atoms with Gasteiger partial charge < -0.3 is 9.80 Å². The molecule has 2 atom stereocenters. The Bertz CT molecular complexity index is 805. The molecule has 4 nitrogen and oxygen atoms in total. The minimum Gasteiger partial charge on any atom is -0.369 e. The van der Waals surface area contributed by atoms with E-state index < -0.39 is 8.80 Å². The van der Waals surface area contributed by atoms with E-state index in [0.717, 1.165) is 51.3 Å². The minimum absolute atomic E-state index is 0.239. The molecule has 1 amide bonds. The van der Waals surface area contributed by atoms with Gasteiger partial charge in [0.05, 0.1) is 8.80 Å². The van der Waals surface area contributed by atoms with Crippen LogP contribution in [0.2, 0.25) is 6.55 Å². The van der Waals surface area contributed by atoms with Crippen molar-refractivity contribution >= 4 is 25.6 Å². The molecule has 0 aliphatic carbocycles. The number of piperazine rings is 1. The maximum atomic E-state index is 13.0. The smallest absolute Gasteiger partial charge is 0.253 e. The first-order valence-corrected chi connectivity index (χ1v) is 13.0. The highest BCUT2D eigenvalue weighted by atomic mass is 28.3. The summed E-state index contributed by atoms with van der Waals surface area (Å²) in [6.45, 7) is 11.0. The maximum absolute atomic E-state index is 13.0. The van der Waals surface area contributed by atoms with Crippen LogP contribution in [-0.2, 0) is 0 Å². The third kappa shape index (κ3) is 3.87. The summed E-state index contributed by atoms with van der Waals surface area (Å²) in [7, 11) is -1.12. The fraction of sp³-hybridized carbons (Fsp3) is 0.435. The zero-order valence-electron chi connectivity index (χ0n) is 17.1. The van der Waals surface area contributed by atoms with E-state index in [1.165, 1.54) is 10.9 Å². The van der Waals surface area contributed by atoms with Crippen LogP contribution in [0.5, 0.6) is 0 Å². The second-order valence-electron chi connectivity index (χ2n) is 8.13. The first-order chi connectivity index (χ1) is 13.6. The van der Waals surface area contributed by atoms with E-state index in [0.29, 0.717) is 5.67 Å². The van der Waals surface area contributed by atoms with Crippen LogP contribution in [0, 0.1) is 0 Å². The molecule has 2 aliphatic rings. The lowest BCUT2D eigenvalue weighted by Gasteiger charge is -2.39. The van der Waals surface area contributed by atoms with Crippen LogP contribution in [0.4, 0.5) is 5.69 Å². The molecule has 0 aromatic heterocycles. The van der Waals surface area contributed by atoms with E-state index in [9.17, 15) is 4.79 Å². The molecule has 2 heterocycles. The first-order valence-electron chi connectivity index (χ1n) is 10.6. The van der Waals surface area contributed by atoms with Crippen molar-refractivity contribution in [1.29, 1.82) is 0 Å². The van der Waals surface area contributed by atoms with Gasteiger partial charge in [-0.2, -0.15) is 0 Å². The molecule has 1 fully saturated rings. The highest BCUT2D eigenvalue weighted by Crippen LogP contribution is 2.18. The maximum Gasteiger partial charge on any atom is 0.253 e. The Labute approximate surface area is 170 Å². The number of nitrogens with zero attached hydrogens (tertiary/aromatic N) is 3. The Morgan fingerprint density at radius 2 is 1.61 bits per heavy atom. The molecule has 2 aromatic carbocycles. The third-order valence-corrected chi connectivity index (χ3v) is 9.82. The third-order valence-electron chi connectivity index (χ3n) is 6.52. The Morgan fingerprint density at radius 1 is 0.929 bits per heavy atom. The highest BCUT2D eigenvalue weighted by Gasteiger charge is 2.35. The van der Waals surface area contributed by atoms with Crippen molar-refractivity contribution in [1.82, 2.24) is 9.80 Å². The fourth-order valence-corrected chi connectivity index (χ4v) is 7.07. The summed E-state index contributed by atoms with van der Waals surface area (Å²) >= 11 is 0. The Kier molecular flexibility index (Phi) is 5.83. The van der Waals surface area contributed by atoms with E-state index in [1.807, 2.05) is 12.1 Å². The summed E-state index contributed by atoms with van der Waals surface area (Å²) < 4.78 is 0. The number of hydrogen-bond acceptors (Lipinski definition) is 3. The molecule has 2 unspecified atom stereocenters. The number of fused-ring (bicyclic) bond motifs is 1. The van der Waals surface area contributed by atoms with E-state index in [2.05, 4.69) is 70.6 Å². The molecular formula is C23H31N3OSi. The summed E-state index contributed by atoms with van der Waals surface area (Å²) in [5.74, 6) is 0.239. The number of rotatable bonds is 5. The van der Waals surface area contributed by atoms with Crippen LogP contribution in [-0.4, -0.2) is 69.4 Å². The van der Waals surface area contributed by atoms with Gasteiger partial charge in [-0.15, -0.1) is 0 Å². The van der Waals surface area contributed by atoms with E-state index in [4.69, 9.17) is 0 Å². The highest BCUT2D eigenvalue weighted by molar-refractivity contribution is 6.75. The van der Waals surface area contributed by atoms with Gasteiger partial charge in [0.2, 0.25) is 0 Å². The second-order valence-corrected chi connectivity index (χ2v) is 11.3. The van der Waals surface area contributed by atoms with Crippen LogP contribution in [0.15, 0.2) is 54.6 Å². The molecule has 4 rings (SSSR count). The van der Waals surface area contributed by atoms with Crippen molar-refractivity contribution in [3.63, 3.8) is 0 Å². The summed E-state index contributed by atoms with van der Waals surface area (Å²) in [5, 5.41) is 1.34.